The Morgan fingerprint density at radius 2 is 1.35 bits per heavy atom. The largest absolute Gasteiger partial charge is 0.445 e. The molecule has 5 heterocycles. The number of nitrogens with one attached hydrogen (secondary N) is 2. The van der Waals surface area contributed by atoms with Crippen molar-refractivity contribution < 1.29 is 66.9 Å². The standard InChI is InChI=1S/C46H61N3O14/c1-25-20-32(50)41(56-27(25)3)61-42-34-38(60-45(53)49(34)4)37-33(57-42)21-26(2)40(59-37)58-35-30(47-43(51)54-23-28-14-8-5-9-15-28)22-31(48-44(52)55-24-29-16-10-6-11-17-29)36-39(35)63-46(62-36)18-12-7-13-19-46/h5-6,8-11,14-17,25-27,30-42,50H,7,12-13,18-24H2,1-4H3,(H,47,51)(H,48,52)/t25-,26?,27?,30?,31+,32-,33-,34?,35+,36?,37?,38?,39-,40-,41+,42?/m0/s1. The van der Waals surface area contributed by atoms with Gasteiger partial charge in [-0.15, -0.1) is 0 Å². The summed E-state index contributed by atoms with van der Waals surface area (Å²) in [5, 5.41) is 17.0. The van der Waals surface area contributed by atoms with Crippen molar-refractivity contribution in [2.75, 3.05) is 7.05 Å². The zero-order valence-corrected chi connectivity index (χ0v) is 36.3. The Morgan fingerprint density at radius 1 is 0.714 bits per heavy atom. The number of hydrogen-bond donors (Lipinski definition) is 3. The lowest BCUT2D eigenvalue weighted by Crippen LogP contribution is -2.67. The number of aliphatic hydroxyl groups is 1. The molecule has 0 bridgehead atoms. The van der Waals surface area contributed by atoms with Gasteiger partial charge in [-0.3, -0.25) is 4.90 Å². The van der Waals surface area contributed by atoms with Crippen LogP contribution in [0.2, 0.25) is 0 Å². The lowest BCUT2D eigenvalue weighted by atomic mass is 9.83. The van der Waals surface area contributed by atoms with Gasteiger partial charge in [-0.25, -0.2) is 14.4 Å². The van der Waals surface area contributed by atoms with Gasteiger partial charge in [-0.2, -0.15) is 0 Å². The predicted molar refractivity (Wildman–Crippen MR) is 220 cm³/mol. The normalized spacial score (nSPS) is 39.3. The first-order chi connectivity index (χ1) is 30.4. The average molecular weight is 880 g/mol. The molecule has 63 heavy (non-hydrogen) atoms. The van der Waals surface area contributed by atoms with E-state index < -0.39 is 104 Å². The Bertz CT molecular complexity index is 1890. The third-order valence-electron chi connectivity index (χ3n) is 13.9. The van der Waals surface area contributed by atoms with E-state index >= 15 is 0 Å². The molecule has 16 atom stereocenters. The Morgan fingerprint density at radius 3 is 2.02 bits per heavy atom. The number of aliphatic hydroxyl groups excluding tert-OH is 1. The van der Waals surface area contributed by atoms with Crippen molar-refractivity contribution >= 4 is 18.3 Å². The number of benzene rings is 2. The number of hydrogen-bond acceptors (Lipinski definition) is 14. The second kappa shape index (κ2) is 18.8. The van der Waals surface area contributed by atoms with E-state index in [1.54, 1.807) is 7.05 Å². The summed E-state index contributed by atoms with van der Waals surface area (Å²) in [7, 11) is 1.62. The summed E-state index contributed by atoms with van der Waals surface area (Å²) >= 11 is 0. The van der Waals surface area contributed by atoms with Crippen LogP contribution in [-0.2, 0) is 60.6 Å². The van der Waals surface area contributed by atoms with Crippen LogP contribution in [0.15, 0.2) is 60.7 Å². The molecule has 0 radical (unpaired) electrons. The van der Waals surface area contributed by atoms with Crippen molar-refractivity contribution in [1.82, 2.24) is 15.5 Å². The molecule has 1 spiro atoms. The van der Waals surface area contributed by atoms with Gasteiger partial charge < -0.3 is 63.1 Å². The van der Waals surface area contributed by atoms with Crippen molar-refractivity contribution in [3.8, 4) is 0 Å². The molecule has 2 aliphatic carbocycles. The van der Waals surface area contributed by atoms with Gasteiger partial charge in [0.15, 0.2) is 30.8 Å². The summed E-state index contributed by atoms with van der Waals surface area (Å²) < 4.78 is 63.9. The first-order valence-corrected chi connectivity index (χ1v) is 22.6. The molecule has 2 aromatic rings. The van der Waals surface area contributed by atoms with Crippen LogP contribution in [-0.4, -0.2) is 127 Å². The number of ether oxygens (including phenoxy) is 10. The fourth-order valence-corrected chi connectivity index (χ4v) is 10.3. The molecule has 8 unspecified atom stereocenters. The number of alkyl carbamates (subject to hydrolysis) is 2. The molecule has 17 nitrogen and oxygen atoms in total. The summed E-state index contributed by atoms with van der Waals surface area (Å²) in [4.78, 5) is 41.7. The number of rotatable bonds is 10. The van der Waals surface area contributed by atoms with E-state index in [1.807, 2.05) is 81.4 Å². The number of carbonyl (C=O) groups is 3. The van der Waals surface area contributed by atoms with Gasteiger partial charge >= 0.3 is 18.3 Å². The van der Waals surface area contributed by atoms with Gasteiger partial charge in [0.2, 0.25) is 0 Å². The smallest absolute Gasteiger partial charge is 0.410 e. The Hall–Kier alpha value is -4.07. The van der Waals surface area contributed by atoms with Crippen molar-refractivity contribution in [3.63, 3.8) is 0 Å². The SMILES string of the molecule is CC1C[C@@H]2OC(O[C@H]3OC(C)[C@@H](C)C[C@@H]3O)C3C(OC(=O)N3C)C2O[C@@H]1O[C@@H]1C(NC(=O)OCc2ccccc2)C[C@@H](NC(=O)OCc2ccccc2)C2OC3(CCCCC3)O[C@H]21. The van der Waals surface area contributed by atoms with Gasteiger partial charge in [0, 0.05) is 25.8 Å². The topological polar surface area (TPSA) is 191 Å². The van der Waals surface area contributed by atoms with E-state index in [1.165, 1.54) is 4.90 Å². The Balaban J connectivity index is 0.956. The van der Waals surface area contributed by atoms with E-state index in [0.29, 0.717) is 25.7 Å². The predicted octanol–water partition coefficient (Wildman–Crippen LogP) is 5.25. The van der Waals surface area contributed by atoms with Crippen LogP contribution < -0.4 is 10.6 Å². The molecule has 5 saturated heterocycles. The zero-order chi connectivity index (χ0) is 43.8. The minimum Gasteiger partial charge on any atom is -0.445 e. The van der Waals surface area contributed by atoms with E-state index in [9.17, 15) is 19.5 Å². The molecule has 2 saturated carbocycles. The highest BCUT2D eigenvalue weighted by atomic mass is 16.8. The van der Waals surface area contributed by atoms with Gasteiger partial charge in [0.05, 0.1) is 24.3 Å². The molecule has 0 aromatic heterocycles. The van der Waals surface area contributed by atoms with E-state index in [0.717, 1.165) is 30.4 Å². The number of likely N-dealkylation sites (N-methyl/N-ethyl adjacent to an activating group) is 1. The minimum atomic E-state index is -0.963. The number of amides is 3. The second-order valence-electron chi connectivity index (χ2n) is 18.4. The van der Waals surface area contributed by atoms with Gasteiger partial charge in [-0.05, 0) is 56.1 Å². The van der Waals surface area contributed by atoms with Crippen molar-refractivity contribution in [3.05, 3.63) is 71.8 Å². The van der Waals surface area contributed by atoms with E-state index in [2.05, 4.69) is 10.6 Å². The Labute approximate surface area is 367 Å². The molecular weight excluding hydrogens is 819 g/mol. The molecule has 3 amide bonds. The monoisotopic (exact) mass is 879 g/mol. The van der Waals surface area contributed by atoms with Crippen molar-refractivity contribution in [1.29, 1.82) is 0 Å². The van der Waals surface area contributed by atoms with Gasteiger partial charge in [0.25, 0.3) is 0 Å². The molecule has 5 aliphatic heterocycles. The minimum absolute atomic E-state index is 0.0451. The molecule has 3 N–H and O–H groups in total. The zero-order valence-electron chi connectivity index (χ0n) is 36.3. The van der Waals surface area contributed by atoms with Gasteiger partial charge in [0.1, 0.15) is 49.8 Å². The quantitative estimate of drug-likeness (QED) is 0.262. The summed E-state index contributed by atoms with van der Waals surface area (Å²) in [6.07, 6.45) is -4.67. The maximum atomic E-state index is 13.7. The lowest BCUT2D eigenvalue weighted by molar-refractivity contribution is -0.370. The number of fused-ring (bicyclic) bond motifs is 4. The molecule has 2 aromatic carbocycles. The van der Waals surface area contributed by atoms with Gasteiger partial charge in [-0.1, -0.05) is 80.9 Å². The summed E-state index contributed by atoms with van der Waals surface area (Å²) in [5.74, 6) is -1.03. The fourth-order valence-electron chi connectivity index (χ4n) is 10.3. The van der Waals surface area contributed by atoms with E-state index in [4.69, 9.17) is 47.4 Å². The van der Waals surface area contributed by atoms with Crippen LogP contribution in [0.5, 0.6) is 0 Å². The van der Waals surface area contributed by atoms with Crippen LogP contribution in [0.1, 0.15) is 83.3 Å². The molecule has 344 valence electrons. The summed E-state index contributed by atoms with van der Waals surface area (Å²) in [6.45, 7) is 6.06. The Kier molecular flexibility index (Phi) is 13.2. The summed E-state index contributed by atoms with van der Waals surface area (Å²) in [5.41, 5.74) is 1.66. The highest BCUT2D eigenvalue weighted by Gasteiger charge is 2.62. The summed E-state index contributed by atoms with van der Waals surface area (Å²) in [6, 6.07) is 16.7. The fraction of sp³-hybridized carbons (Fsp3) is 0.674. The van der Waals surface area contributed by atoms with Crippen LogP contribution in [0.3, 0.4) is 0 Å². The maximum Gasteiger partial charge on any atom is 0.410 e. The lowest BCUT2D eigenvalue weighted by Gasteiger charge is -2.50. The number of carbonyl (C=O) groups excluding carboxylic acids is 3. The molecule has 7 aliphatic rings. The van der Waals surface area contributed by atoms with Crippen LogP contribution >= 0.6 is 0 Å². The van der Waals surface area contributed by atoms with Crippen LogP contribution in [0.25, 0.3) is 0 Å². The van der Waals surface area contributed by atoms with Crippen molar-refractivity contribution in [2.45, 2.75) is 177 Å². The third kappa shape index (κ3) is 9.53. The molecule has 7 fully saturated rings. The van der Waals surface area contributed by atoms with Crippen molar-refractivity contribution in [2.24, 2.45) is 11.8 Å². The van der Waals surface area contributed by atoms with Crippen LogP contribution in [0.4, 0.5) is 14.4 Å². The molecule has 9 rings (SSSR count). The molecular formula is C46H61N3O14. The maximum absolute atomic E-state index is 13.7. The number of nitrogens with zero attached hydrogens (tertiary/aromatic N) is 1. The molecule has 17 heteroatoms. The highest BCUT2D eigenvalue weighted by molar-refractivity contribution is 5.71. The average Bonchev–Trinajstić information content (AvgIpc) is 3.79. The highest BCUT2D eigenvalue weighted by Crippen LogP contribution is 2.47. The van der Waals surface area contributed by atoms with Crippen LogP contribution in [0, 0.1) is 11.8 Å². The first-order valence-electron chi connectivity index (χ1n) is 22.6. The third-order valence-corrected chi connectivity index (χ3v) is 13.9. The second-order valence-corrected chi connectivity index (χ2v) is 18.4. The van der Waals surface area contributed by atoms with E-state index in [-0.39, 0.29) is 37.6 Å². The first kappa shape index (κ1) is 44.1.